The zero-order valence-electron chi connectivity index (χ0n) is 13.4. The van der Waals surface area contributed by atoms with Crippen molar-refractivity contribution in [2.24, 2.45) is 0 Å². The van der Waals surface area contributed by atoms with Gasteiger partial charge in [-0.05, 0) is 36.6 Å². The van der Waals surface area contributed by atoms with Crippen LogP contribution < -0.4 is 16.0 Å². The minimum absolute atomic E-state index is 0.718. The van der Waals surface area contributed by atoms with Crippen LogP contribution in [0.1, 0.15) is 32.3 Å². The van der Waals surface area contributed by atoms with Crippen LogP contribution in [0.25, 0.3) is 0 Å². The van der Waals surface area contributed by atoms with Gasteiger partial charge in [-0.15, -0.1) is 0 Å². The van der Waals surface area contributed by atoms with E-state index < -0.39 is 0 Å². The first kappa shape index (κ1) is 16.1. The highest BCUT2D eigenvalue weighted by molar-refractivity contribution is 5.47. The molecule has 2 heterocycles. The molecule has 0 fully saturated rings. The number of aromatic nitrogens is 2. The molecule has 118 valence electrons. The summed E-state index contributed by atoms with van der Waals surface area (Å²) >= 11 is 0. The second-order valence-corrected chi connectivity index (χ2v) is 5.19. The van der Waals surface area contributed by atoms with Crippen LogP contribution >= 0.6 is 0 Å². The Morgan fingerprint density at radius 3 is 2.09 bits per heavy atom. The molecule has 0 saturated heterocycles. The fourth-order valence-electron chi connectivity index (χ4n) is 1.95. The second-order valence-electron chi connectivity index (χ2n) is 5.19. The molecule has 2 aromatic heterocycles. The first-order chi connectivity index (χ1) is 10.8. The average molecular weight is 299 g/mol. The molecule has 0 saturated carbocycles. The van der Waals surface area contributed by atoms with Gasteiger partial charge in [0.1, 0.15) is 11.6 Å². The fourth-order valence-corrected chi connectivity index (χ4v) is 1.95. The van der Waals surface area contributed by atoms with E-state index in [0.717, 1.165) is 55.4 Å². The number of anilines is 3. The predicted molar refractivity (Wildman–Crippen MR) is 93.4 cm³/mol. The van der Waals surface area contributed by atoms with Crippen LogP contribution in [0.3, 0.4) is 0 Å². The van der Waals surface area contributed by atoms with Crippen molar-refractivity contribution < 1.29 is 0 Å². The quantitative estimate of drug-likeness (QED) is 0.658. The third-order valence-corrected chi connectivity index (χ3v) is 3.20. The lowest BCUT2D eigenvalue weighted by atomic mass is 10.2. The Kier molecular flexibility index (Phi) is 6.48. The normalized spacial score (nSPS) is 10.3. The highest BCUT2D eigenvalue weighted by Crippen LogP contribution is 2.11. The molecule has 0 aliphatic rings. The van der Waals surface area contributed by atoms with Crippen molar-refractivity contribution in [3.8, 4) is 0 Å². The summed E-state index contributed by atoms with van der Waals surface area (Å²) in [6.07, 6.45) is 5.95. The molecule has 2 rings (SSSR count). The summed E-state index contributed by atoms with van der Waals surface area (Å²) in [5.74, 6) is 1.80. The van der Waals surface area contributed by atoms with Crippen molar-refractivity contribution in [2.45, 2.75) is 33.2 Å². The Balaban J connectivity index is 1.81. The van der Waals surface area contributed by atoms with E-state index in [-0.39, 0.29) is 0 Å². The van der Waals surface area contributed by atoms with Crippen LogP contribution in [0.4, 0.5) is 17.3 Å². The molecule has 0 radical (unpaired) electrons. The fraction of sp³-hybridized carbons (Fsp3) is 0.412. The van der Waals surface area contributed by atoms with Crippen LogP contribution in [0.15, 0.2) is 36.7 Å². The zero-order valence-corrected chi connectivity index (χ0v) is 13.4. The van der Waals surface area contributed by atoms with Gasteiger partial charge in [-0.1, -0.05) is 19.9 Å². The van der Waals surface area contributed by atoms with Gasteiger partial charge >= 0.3 is 0 Å². The van der Waals surface area contributed by atoms with Gasteiger partial charge in [-0.2, -0.15) is 0 Å². The number of nitrogens with one attached hydrogen (secondary N) is 3. The molecule has 0 spiro atoms. The maximum Gasteiger partial charge on any atom is 0.126 e. The van der Waals surface area contributed by atoms with Gasteiger partial charge in [-0.3, -0.25) is 0 Å². The van der Waals surface area contributed by atoms with Crippen molar-refractivity contribution in [1.29, 1.82) is 0 Å². The first-order valence-corrected chi connectivity index (χ1v) is 7.94. The van der Waals surface area contributed by atoms with Crippen molar-refractivity contribution in [3.63, 3.8) is 0 Å². The van der Waals surface area contributed by atoms with Gasteiger partial charge < -0.3 is 16.0 Å². The Morgan fingerprint density at radius 2 is 1.45 bits per heavy atom. The van der Waals surface area contributed by atoms with E-state index in [0.29, 0.717) is 0 Å². The highest BCUT2D eigenvalue weighted by Gasteiger charge is 1.98. The molecule has 0 unspecified atom stereocenters. The van der Waals surface area contributed by atoms with Crippen molar-refractivity contribution in [1.82, 2.24) is 9.97 Å². The van der Waals surface area contributed by atoms with Crippen molar-refractivity contribution in [3.05, 3.63) is 42.2 Å². The van der Waals surface area contributed by atoms with Gasteiger partial charge in [-0.25, -0.2) is 9.97 Å². The minimum atomic E-state index is 0.718. The van der Waals surface area contributed by atoms with Gasteiger partial charge in [0, 0.05) is 25.8 Å². The summed E-state index contributed by atoms with van der Waals surface area (Å²) in [4.78, 5) is 8.79. The summed E-state index contributed by atoms with van der Waals surface area (Å²) in [6, 6.07) is 8.12. The molecule has 2 aromatic rings. The molecular formula is C17H25N5. The van der Waals surface area contributed by atoms with Crippen molar-refractivity contribution >= 4 is 17.3 Å². The largest absolute Gasteiger partial charge is 0.384 e. The van der Waals surface area contributed by atoms with Crippen LogP contribution in [0.5, 0.6) is 0 Å². The summed E-state index contributed by atoms with van der Waals surface area (Å²) in [5, 5.41) is 9.89. The topological polar surface area (TPSA) is 61.9 Å². The molecular weight excluding hydrogens is 274 g/mol. The van der Waals surface area contributed by atoms with Gasteiger partial charge in [0.05, 0.1) is 11.9 Å². The molecule has 5 heteroatoms. The Bertz CT molecular complexity index is 484. The summed E-state index contributed by atoms with van der Waals surface area (Å²) in [6.45, 7) is 6.93. The molecule has 0 aliphatic heterocycles. The highest BCUT2D eigenvalue weighted by atomic mass is 15.0. The lowest BCUT2D eigenvalue weighted by molar-refractivity contribution is 0.966. The minimum Gasteiger partial charge on any atom is -0.384 e. The lowest BCUT2D eigenvalue weighted by Gasteiger charge is -2.08. The average Bonchev–Trinajstić information content (AvgIpc) is 2.58. The summed E-state index contributed by atoms with van der Waals surface area (Å²) in [5.41, 5.74) is 2.19. The van der Waals surface area contributed by atoms with Crippen molar-refractivity contribution in [2.75, 3.05) is 29.0 Å². The van der Waals surface area contributed by atoms with E-state index in [1.807, 2.05) is 30.6 Å². The monoisotopic (exact) mass is 299 g/mol. The van der Waals surface area contributed by atoms with Crippen LogP contribution in [-0.4, -0.2) is 23.1 Å². The van der Waals surface area contributed by atoms with E-state index in [1.165, 1.54) is 0 Å². The second kappa shape index (κ2) is 8.87. The van der Waals surface area contributed by atoms with Crippen LogP contribution in [0.2, 0.25) is 0 Å². The zero-order chi connectivity index (χ0) is 15.6. The maximum absolute atomic E-state index is 4.40. The van der Waals surface area contributed by atoms with Crippen LogP contribution in [-0.2, 0) is 6.54 Å². The number of rotatable bonds is 9. The Morgan fingerprint density at radius 1 is 0.773 bits per heavy atom. The van der Waals surface area contributed by atoms with E-state index in [9.17, 15) is 0 Å². The molecule has 0 amide bonds. The maximum atomic E-state index is 4.40. The first-order valence-electron chi connectivity index (χ1n) is 7.94. The summed E-state index contributed by atoms with van der Waals surface area (Å²) < 4.78 is 0. The standard InChI is InChI=1S/C17H25N5/c1-3-9-18-15-6-8-17(22-13-15)21-12-14-5-7-16(20-11-14)19-10-4-2/h5-8,11,13,18H,3-4,9-10,12H2,1-2H3,(H,19,20)(H,21,22). The molecule has 0 aromatic carbocycles. The van der Waals surface area contributed by atoms with Gasteiger partial charge in [0.2, 0.25) is 0 Å². The molecule has 0 bridgehead atoms. The smallest absolute Gasteiger partial charge is 0.126 e. The molecule has 5 nitrogen and oxygen atoms in total. The van der Waals surface area contributed by atoms with E-state index in [1.54, 1.807) is 0 Å². The van der Waals surface area contributed by atoms with E-state index in [2.05, 4.69) is 45.8 Å². The predicted octanol–water partition coefficient (Wildman–Crippen LogP) is 3.73. The Labute approximate surface area is 132 Å². The van der Waals surface area contributed by atoms with Gasteiger partial charge in [0.15, 0.2) is 0 Å². The third-order valence-electron chi connectivity index (χ3n) is 3.20. The molecule has 3 N–H and O–H groups in total. The number of hydrogen-bond acceptors (Lipinski definition) is 5. The molecule has 0 atom stereocenters. The number of nitrogens with zero attached hydrogens (tertiary/aromatic N) is 2. The number of pyridine rings is 2. The van der Waals surface area contributed by atoms with E-state index in [4.69, 9.17) is 0 Å². The molecule has 22 heavy (non-hydrogen) atoms. The SMILES string of the molecule is CCCNc1ccc(NCc2ccc(NCCC)nc2)nc1. The van der Waals surface area contributed by atoms with Crippen LogP contribution in [0, 0.1) is 0 Å². The van der Waals surface area contributed by atoms with E-state index >= 15 is 0 Å². The molecule has 0 aliphatic carbocycles. The number of hydrogen-bond donors (Lipinski definition) is 3. The van der Waals surface area contributed by atoms with Gasteiger partial charge in [0.25, 0.3) is 0 Å². The summed E-state index contributed by atoms with van der Waals surface area (Å²) in [7, 11) is 0. The Hall–Kier alpha value is -2.30. The lowest BCUT2D eigenvalue weighted by Crippen LogP contribution is -2.05. The third kappa shape index (κ3) is 5.24.